The van der Waals surface area contributed by atoms with Crippen molar-refractivity contribution in [3.8, 4) is 22.6 Å². The molecule has 9 heteroatoms. The average Bonchev–Trinajstić information content (AvgIpc) is 3.46. The molecule has 4 rings (SSSR count). The van der Waals surface area contributed by atoms with Crippen LogP contribution < -0.4 is 5.32 Å². The number of thiazole rings is 1. The number of hydrogen-bond acceptors (Lipinski definition) is 7. The third-order valence-electron chi connectivity index (χ3n) is 4.84. The van der Waals surface area contributed by atoms with Crippen molar-refractivity contribution >= 4 is 34.1 Å². The van der Waals surface area contributed by atoms with Crippen LogP contribution in [0.15, 0.2) is 59.3 Å². The van der Waals surface area contributed by atoms with Crippen LogP contribution in [0, 0.1) is 0 Å². The molecule has 164 valence electrons. The van der Waals surface area contributed by atoms with Gasteiger partial charge in [-0.05, 0) is 30.5 Å². The molecule has 0 fully saturated rings. The smallest absolute Gasteiger partial charge is 0.236 e. The molecule has 1 aromatic carbocycles. The highest BCUT2D eigenvalue weighted by Gasteiger charge is 2.16. The van der Waals surface area contributed by atoms with Crippen LogP contribution in [0.5, 0.6) is 0 Å². The van der Waals surface area contributed by atoms with E-state index in [0.29, 0.717) is 5.13 Å². The highest BCUT2D eigenvalue weighted by Crippen LogP contribution is 2.27. The van der Waals surface area contributed by atoms with Crippen molar-refractivity contribution in [2.24, 2.45) is 0 Å². The van der Waals surface area contributed by atoms with Gasteiger partial charge >= 0.3 is 0 Å². The van der Waals surface area contributed by atoms with E-state index < -0.39 is 0 Å². The van der Waals surface area contributed by atoms with Gasteiger partial charge in [-0.3, -0.25) is 9.78 Å². The van der Waals surface area contributed by atoms with Gasteiger partial charge in [-0.25, -0.2) is 4.98 Å². The van der Waals surface area contributed by atoms with Gasteiger partial charge in [-0.2, -0.15) is 0 Å². The number of nitrogens with zero attached hydrogens (tertiary/aromatic N) is 5. The summed E-state index contributed by atoms with van der Waals surface area (Å²) < 4.78 is 2.05. The molecule has 4 aromatic rings. The Labute approximate surface area is 195 Å². The van der Waals surface area contributed by atoms with Crippen molar-refractivity contribution in [1.29, 1.82) is 0 Å². The fraction of sp³-hybridized carbons (Fsp3) is 0.261. The van der Waals surface area contributed by atoms with Gasteiger partial charge in [-0.15, -0.1) is 21.5 Å². The summed E-state index contributed by atoms with van der Waals surface area (Å²) in [6.07, 6.45) is 5.42. The van der Waals surface area contributed by atoms with Gasteiger partial charge in [0.2, 0.25) is 5.91 Å². The van der Waals surface area contributed by atoms with Crippen LogP contribution in [0.3, 0.4) is 0 Å². The summed E-state index contributed by atoms with van der Waals surface area (Å²) in [6.45, 7) is 5.02. The van der Waals surface area contributed by atoms with E-state index >= 15 is 0 Å². The Kier molecular flexibility index (Phi) is 7.28. The van der Waals surface area contributed by atoms with Crippen molar-refractivity contribution in [2.75, 3.05) is 11.1 Å². The largest absolute Gasteiger partial charge is 0.302 e. The molecule has 0 atom stereocenters. The van der Waals surface area contributed by atoms with E-state index in [2.05, 4.69) is 68.2 Å². The molecule has 1 N–H and O–H groups in total. The normalized spacial score (nSPS) is 10.9. The van der Waals surface area contributed by atoms with Gasteiger partial charge in [0.05, 0.1) is 11.4 Å². The first kappa shape index (κ1) is 22.2. The lowest BCUT2D eigenvalue weighted by Crippen LogP contribution is -2.14. The molecule has 0 radical (unpaired) electrons. The van der Waals surface area contributed by atoms with E-state index in [-0.39, 0.29) is 11.7 Å². The van der Waals surface area contributed by atoms with Crippen LogP contribution in [0.2, 0.25) is 0 Å². The summed E-state index contributed by atoms with van der Waals surface area (Å²) in [5.41, 5.74) is 4.16. The van der Waals surface area contributed by atoms with Crippen molar-refractivity contribution < 1.29 is 4.79 Å². The zero-order valence-corrected chi connectivity index (χ0v) is 19.6. The fourth-order valence-electron chi connectivity index (χ4n) is 3.20. The van der Waals surface area contributed by atoms with Crippen LogP contribution in [0.25, 0.3) is 22.6 Å². The van der Waals surface area contributed by atoms with Crippen LogP contribution in [-0.4, -0.2) is 36.4 Å². The Morgan fingerprint density at radius 3 is 2.56 bits per heavy atom. The molecule has 0 unspecified atom stereocenters. The van der Waals surface area contributed by atoms with Crippen molar-refractivity contribution in [1.82, 2.24) is 24.7 Å². The van der Waals surface area contributed by atoms with E-state index in [0.717, 1.165) is 47.2 Å². The number of thioether (sulfide) groups is 1. The van der Waals surface area contributed by atoms with Crippen LogP contribution in [0.1, 0.15) is 25.8 Å². The number of benzene rings is 1. The predicted octanol–water partition coefficient (Wildman–Crippen LogP) is 5.17. The first-order valence-electron chi connectivity index (χ1n) is 10.5. The molecule has 0 bridgehead atoms. The van der Waals surface area contributed by atoms with Gasteiger partial charge in [0.15, 0.2) is 16.1 Å². The first-order chi connectivity index (χ1) is 15.7. The Hall–Kier alpha value is -3.04. The third kappa shape index (κ3) is 5.23. The number of amides is 1. The SMILES string of the molecule is CCCn1c(SCC(=O)Nc2nc(-c3ccc(CC)cc3)cs2)nnc1-c1ccncc1. The van der Waals surface area contributed by atoms with E-state index in [4.69, 9.17) is 0 Å². The Bertz CT molecular complexity index is 1170. The van der Waals surface area contributed by atoms with Gasteiger partial charge in [-0.1, -0.05) is 49.9 Å². The summed E-state index contributed by atoms with van der Waals surface area (Å²) in [6, 6.07) is 12.2. The van der Waals surface area contributed by atoms with Gasteiger partial charge in [0, 0.05) is 35.4 Å². The lowest BCUT2D eigenvalue weighted by molar-refractivity contribution is -0.113. The topological polar surface area (TPSA) is 85.6 Å². The molecule has 0 aliphatic heterocycles. The number of hydrogen-bond donors (Lipinski definition) is 1. The molecular formula is C23H24N6OS2. The molecule has 0 saturated carbocycles. The Morgan fingerprint density at radius 2 is 1.84 bits per heavy atom. The van der Waals surface area contributed by atoms with Crippen molar-refractivity contribution in [3.05, 3.63) is 59.7 Å². The van der Waals surface area contributed by atoms with E-state index in [1.807, 2.05) is 17.5 Å². The number of rotatable bonds is 9. The predicted molar refractivity (Wildman–Crippen MR) is 130 cm³/mol. The maximum absolute atomic E-state index is 12.5. The minimum Gasteiger partial charge on any atom is -0.302 e. The molecular weight excluding hydrogens is 440 g/mol. The number of carbonyl (C=O) groups excluding carboxylic acids is 1. The molecule has 0 aliphatic carbocycles. The van der Waals surface area contributed by atoms with Crippen molar-refractivity contribution in [2.45, 2.75) is 38.4 Å². The average molecular weight is 465 g/mol. The van der Waals surface area contributed by atoms with E-state index in [9.17, 15) is 4.79 Å². The Balaban J connectivity index is 1.39. The maximum atomic E-state index is 12.5. The highest BCUT2D eigenvalue weighted by atomic mass is 32.2. The molecule has 0 spiro atoms. The standard InChI is InChI=1S/C23H24N6OS2/c1-3-13-29-21(18-9-11-24-12-10-18)27-28-23(29)32-15-20(30)26-22-25-19(14-31-22)17-7-5-16(4-2)6-8-17/h5-12,14H,3-4,13,15H2,1-2H3,(H,25,26,30). The van der Waals surface area contributed by atoms with Crippen LogP contribution in [0.4, 0.5) is 5.13 Å². The minimum atomic E-state index is -0.117. The van der Waals surface area contributed by atoms with Crippen molar-refractivity contribution in [3.63, 3.8) is 0 Å². The second kappa shape index (κ2) is 10.5. The first-order valence-corrected chi connectivity index (χ1v) is 12.4. The second-order valence-electron chi connectivity index (χ2n) is 7.12. The number of aryl methyl sites for hydroxylation is 1. The number of anilines is 1. The fourth-order valence-corrected chi connectivity index (χ4v) is 4.70. The van der Waals surface area contributed by atoms with Gasteiger partial charge in [0.25, 0.3) is 0 Å². The minimum absolute atomic E-state index is 0.117. The van der Waals surface area contributed by atoms with Gasteiger partial charge < -0.3 is 9.88 Å². The summed E-state index contributed by atoms with van der Waals surface area (Å²) in [7, 11) is 0. The molecule has 3 heterocycles. The zero-order chi connectivity index (χ0) is 22.3. The lowest BCUT2D eigenvalue weighted by atomic mass is 10.1. The molecule has 32 heavy (non-hydrogen) atoms. The highest BCUT2D eigenvalue weighted by molar-refractivity contribution is 7.99. The van der Waals surface area contributed by atoms with E-state index in [1.54, 1.807) is 12.4 Å². The maximum Gasteiger partial charge on any atom is 0.236 e. The third-order valence-corrected chi connectivity index (χ3v) is 6.57. The summed E-state index contributed by atoms with van der Waals surface area (Å²) in [4.78, 5) is 21.2. The summed E-state index contributed by atoms with van der Waals surface area (Å²) >= 11 is 2.80. The molecule has 1 amide bonds. The summed E-state index contributed by atoms with van der Waals surface area (Å²) in [5.74, 6) is 0.905. The number of pyridine rings is 1. The second-order valence-corrected chi connectivity index (χ2v) is 8.92. The van der Waals surface area contributed by atoms with E-state index in [1.165, 1.54) is 28.7 Å². The van der Waals surface area contributed by atoms with Gasteiger partial charge in [0.1, 0.15) is 0 Å². The molecule has 0 aliphatic rings. The molecule has 0 saturated heterocycles. The van der Waals surface area contributed by atoms with Crippen LogP contribution >= 0.6 is 23.1 Å². The number of nitrogens with one attached hydrogen (secondary N) is 1. The number of carbonyl (C=O) groups is 1. The number of aromatic nitrogens is 5. The molecule has 7 nitrogen and oxygen atoms in total. The quantitative estimate of drug-likeness (QED) is 0.344. The molecule has 3 aromatic heterocycles. The van der Waals surface area contributed by atoms with Crippen LogP contribution in [-0.2, 0) is 17.8 Å². The summed E-state index contributed by atoms with van der Waals surface area (Å²) in [5, 5.41) is 14.8. The Morgan fingerprint density at radius 1 is 1.06 bits per heavy atom. The monoisotopic (exact) mass is 464 g/mol. The lowest BCUT2D eigenvalue weighted by Gasteiger charge is -2.08. The zero-order valence-electron chi connectivity index (χ0n) is 18.0.